The Bertz CT molecular complexity index is 550. The molecule has 0 rings (SSSR count). The van der Waals surface area contributed by atoms with Crippen LogP contribution in [0.4, 0.5) is 57.1 Å². The number of alkyl halides is 13. The van der Waals surface area contributed by atoms with Gasteiger partial charge in [0, 0.05) is 13.2 Å². The molecule has 0 N–H and O–H groups in total. The van der Waals surface area contributed by atoms with Crippen LogP contribution < -0.4 is 0 Å². The Kier molecular flexibility index (Phi) is 8.41. The van der Waals surface area contributed by atoms with Crippen molar-refractivity contribution < 1.29 is 65.9 Å². The van der Waals surface area contributed by atoms with E-state index in [-0.39, 0.29) is 0 Å². The van der Waals surface area contributed by atoms with E-state index in [9.17, 15) is 57.1 Å². The molecule has 0 aliphatic rings. The van der Waals surface area contributed by atoms with E-state index in [2.05, 4.69) is 8.85 Å². The van der Waals surface area contributed by atoms with Crippen LogP contribution in [-0.2, 0) is 8.85 Å². The lowest BCUT2D eigenvalue weighted by molar-refractivity contribution is -0.423. The molecule has 0 fully saturated rings. The molecule has 2 nitrogen and oxygen atoms in total. The minimum absolute atomic E-state index is 0.436. The second-order valence-corrected chi connectivity index (χ2v) is 9.50. The van der Waals surface area contributed by atoms with Crippen molar-refractivity contribution in [2.45, 2.75) is 75.1 Å². The maximum atomic E-state index is 14.5. The fraction of sp³-hybridized carbons (Fsp3) is 1.00. The van der Waals surface area contributed by atoms with Gasteiger partial charge in [-0.05, 0) is 26.8 Å². The number of hydrogen-bond donors (Lipinski definition) is 0. The summed E-state index contributed by atoms with van der Waals surface area (Å²) in [5.41, 5.74) is -6.31. The number of hydrogen-bond acceptors (Lipinski definition) is 2. The van der Waals surface area contributed by atoms with Crippen LogP contribution in [0.1, 0.15) is 27.7 Å². The van der Waals surface area contributed by atoms with Crippen molar-refractivity contribution in [3.05, 3.63) is 0 Å². The zero-order valence-electron chi connectivity index (χ0n) is 15.9. The van der Waals surface area contributed by atoms with Crippen LogP contribution in [0.3, 0.4) is 0 Å². The minimum Gasteiger partial charge on any atom is -0.391 e. The van der Waals surface area contributed by atoms with Crippen LogP contribution in [0.15, 0.2) is 0 Å². The lowest BCUT2D eigenvalue weighted by Gasteiger charge is -2.45. The van der Waals surface area contributed by atoms with E-state index in [4.69, 9.17) is 0 Å². The first-order valence-corrected chi connectivity index (χ1v) is 10.3. The summed E-state index contributed by atoms with van der Waals surface area (Å²) in [6.45, 7) is 0.450. The molecule has 182 valence electrons. The second kappa shape index (κ2) is 8.63. The van der Waals surface area contributed by atoms with Crippen molar-refractivity contribution in [3.63, 3.8) is 0 Å². The number of halogens is 13. The fourth-order valence-corrected chi connectivity index (χ4v) is 5.27. The zero-order chi connectivity index (χ0) is 24.6. The maximum Gasteiger partial charge on any atom is 0.421 e. The SMILES string of the molecule is CCO[Si](CC)(OCC)C(F)(F)C(F)(F)C(F)(F)C(F)(F)C(F)(F)C(F)(F)C(C)F. The largest absolute Gasteiger partial charge is 0.421 e. The molecule has 0 aromatic rings. The molecule has 16 heteroatoms. The summed E-state index contributed by atoms with van der Waals surface area (Å²) in [6, 6.07) is -1.23. The summed E-state index contributed by atoms with van der Waals surface area (Å²) in [5.74, 6) is -37.1. The zero-order valence-corrected chi connectivity index (χ0v) is 16.9. The van der Waals surface area contributed by atoms with Gasteiger partial charge in [-0.2, -0.15) is 52.7 Å². The van der Waals surface area contributed by atoms with Crippen LogP contribution in [0.25, 0.3) is 0 Å². The van der Waals surface area contributed by atoms with Gasteiger partial charge in [-0.3, -0.25) is 0 Å². The van der Waals surface area contributed by atoms with Gasteiger partial charge in [-0.25, -0.2) is 4.39 Å². The van der Waals surface area contributed by atoms with E-state index in [1.54, 1.807) is 0 Å². The molecule has 1 atom stereocenters. The van der Waals surface area contributed by atoms with Gasteiger partial charge < -0.3 is 8.85 Å². The van der Waals surface area contributed by atoms with Crippen LogP contribution in [0.2, 0.25) is 6.04 Å². The third-order valence-corrected chi connectivity index (χ3v) is 7.91. The molecule has 0 aromatic carbocycles. The highest BCUT2D eigenvalue weighted by atomic mass is 28.4. The molecule has 0 heterocycles. The molecule has 0 aromatic heterocycles. The van der Waals surface area contributed by atoms with Crippen molar-refractivity contribution in [2.75, 3.05) is 13.2 Å². The van der Waals surface area contributed by atoms with E-state index in [1.807, 2.05) is 0 Å². The van der Waals surface area contributed by atoms with Crippen molar-refractivity contribution in [2.24, 2.45) is 0 Å². The summed E-state index contributed by atoms with van der Waals surface area (Å²) in [7, 11) is -5.85. The highest BCUT2D eigenvalue weighted by molar-refractivity contribution is 6.70. The first kappa shape index (κ1) is 29.2. The molecule has 0 bridgehead atoms. The quantitative estimate of drug-likeness (QED) is 0.237. The van der Waals surface area contributed by atoms with E-state index in [1.165, 1.54) is 0 Å². The van der Waals surface area contributed by atoms with Crippen LogP contribution in [0.5, 0.6) is 0 Å². The van der Waals surface area contributed by atoms with Gasteiger partial charge in [0.05, 0.1) is 0 Å². The van der Waals surface area contributed by atoms with Gasteiger partial charge in [0.1, 0.15) is 0 Å². The molecule has 0 radical (unpaired) electrons. The van der Waals surface area contributed by atoms with Gasteiger partial charge in [-0.1, -0.05) is 6.92 Å². The Labute approximate surface area is 163 Å². The molecular weight excluding hydrogens is 475 g/mol. The summed E-state index contributed by atoms with van der Waals surface area (Å²) in [4.78, 5) is 0. The number of rotatable bonds is 12. The molecule has 30 heavy (non-hydrogen) atoms. The Hall–Kier alpha value is -0.773. The van der Waals surface area contributed by atoms with Gasteiger partial charge in [0.25, 0.3) is 0 Å². The Morgan fingerprint density at radius 3 is 1.23 bits per heavy atom. The third-order valence-electron chi connectivity index (χ3n) is 4.19. The van der Waals surface area contributed by atoms with Gasteiger partial charge in [0.2, 0.25) is 0 Å². The van der Waals surface area contributed by atoms with Gasteiger partial charge in [-0.15, -0.1) is 0 Å². The molecule has 0 amide bonds. The summed E-state index contributed by atoms with van der Waals surface area (Å²) in [6.07, 6.45) is -4.22. The monoisotopic (exact) mass is 494 g/mol. The average Bonchev–Trinajstić information content (AvgIpc) is 2.60. The summed E-state index contributed by atoms with van der Waals surface area (Å²) >= 11 is 0. The van der Waals surface area contributed by atoms with Gasteiger partial charge in [0.15, 0.2) is 6.17 Å². The smallest absolute Gasteiger partial charge is 0.391 e. The Morgan fingerprint density at radius 2 is 0.967 bits per heavy atom. The van der Waals surface area contributed by atoms with E-state index >= 15 is 0 Å². The van der Waals surface area contributed by atoms with Crippen LogP contribution in [-0.4, -0.2) is 63.1 Å². The Balaban J connectivity index is 6.78. The van der Waals surface area contributed by atoms with E-state index < -0.39 is 76.1 Å². The topological polar surface area (TPSA) is 18.5 Å². The first-order chi connectivity index (χ1) is 13.1. The van der Waals surface area contributed by atoms with Crippen LogP contribution >= 0.6 is 0 Å². The van der Waals surface area contributed by atoms with Crippen molar-refractivity contribution in [3.8, 4) is 0 Å². The molecule has 0 saturated heterocycles. The van der Waals surface area contributed by atoms with Gasteiger partial charge >= 0.3 is 43.7 Å². The Morgan fingerprint density at radius 1 is 0.633 bits per heavy atom. The highest BCUT2D eigenvalue weighted by Crippen LogP contribution is 2.62. The molecular formula is C14H19F13O2Si. The highest BCUT2D eigenvalue weighted by Gasteiger charge is 2.93. The van der Waals surface area contributed by atoms with Crippen molar-refractivity contribution in [1.82, 2.24) is 0 Å². The molecule has 0 aliphatic carbocycles. The summed E-state index contributed by atoms with van der Waals surface area (Å²) < 4.78 is 187. The maximum absolute atomic E-state index is 14.5. The first-order valence-electron chi connectivity index (χ1n) is 8.31. The van der Waals surface area contributed by atoms with E-state index in [0.29, 0.717) is 6.92 Å². The normalized spacial score (nSPS) is 16.7. The summed E-state index contributed by atoms with van der Waals surface area (Å²) in [5, 5.41) is 0. The third kappa shape index (κ3) is 3.80. The predicted octanol–water partition coefficient (Wildman–Crippen LogP) is 6.23. The van der Waals surface area contributed by atoms with E-state index in [0.717, 1.165) is 13.8 Å². The molecule has 1 unspecified atom stereocenters. The minimum atomic E-state index is -7.82. The van der Waals surface area contributed by atoms with Crippen molar-refractivity contribution >= 4 is 8.56 Å². The predicted molar refractivity (Wildman–Crippen MR) is 79.7 cm³/mol. The second-order valence-electron chi connectivity index (χ2n) is 6.08. The van der Waals surface area contributed by atoms with Crippen LogP contribution in [0, 0.1) is 0 Å². The average molecular weight is 494 g/mol. The van der Waals surface area contributed by atoms with Crippen molar-refractivity contribution in [1.29, 1.82) is 0 Å². The molecule has 0 saturated carbocycles. The lowest BCUT2D eigenvalue weighted by Crippen LogP contribution is -2.76. The molecule has 0 spiro atoms. The fourth-order valence-electron chi connectivity index (χ4n) is 2.41. The molecule has 0 aliphatic heterocycles. The standard InChI is InChI=1S/C14H19F13O2Si/c1-5-28-30(7-3,29-6-2)14(26,27)13(24,25)12(22,23)11(20,21)10(18,19)9(16,17)8(4)15/h8H,5-7H2,1-4H3. The lowest BCUT2D eigenvalue weighted by atomic mass is 9.92.